The van der Waals surface area contributed by atoms with Crippen LogP contribution in [-0.2, 0) is 11.3 Å². The van der Waals surface area contributed by atoms with Crippen LogP contribution in [0.25, 0.3) is 6.08 Å². The minimum atomic E-state index is -0.193. The van der Waals surface area contributed by atoms with E-state index in [9.17, 15) is 4.79 Å². The Labute approximate surface area is 103 Å². The summed E-state index contributed by atoms with van der Waals surface area (Å²) in [6.07, 6.45) is 6.80. The van der Waals surface area contributed by atoms with Crippen molar-refractivity contribution in [3.8, 4) is 0 Å². The molecule has 0 radical (unpaired) electrons. The van der Waals surface area contributed by atoms with E-state index in [0.29, 0.717) is 5.78 Å². The summed E-state index contributed by atoms with van der Waals surface area (Å²) in [6, 6.07) is 1.96. The number of allylic oxidation sites excluding steroid dienone is 1. The quantitative estimate of drug-likeness (QED) is 0.734. The lowest BCUT2D eigenvalue weighted by molar-refractivity contribution is -0.124. The first-order valence-electron chi connectivity index (χ1n) is 6.32. The van der Waals surface area contributed by atoms with E-state index in [1.807, 2.05) is 30.7 Å². The molecule has 3 nitrogen and oxygen atoms in total. The van der Waals surface area contributed by atoms with Gasteiger partial charge in [0.15, 0.2) is 5.78 Å². The maximum absolute atomic E-state index is 12.3. The van der Waals surface area contributed by atoms with E-state index in [0.717, 1.165) is 37.1 Å². The first-order chi connectivity index (χ1) is 8.04. The van der Waals surface area contributed by atoms with Crippen LogP contribution in [0.1, 0.15) is 45.7 Å². The lowest BCUT2D eigenvalue weighted by Gasteiger charge is -2.29. The summed E-state index contributed by atoms with van der Waals surface area (Å²) in [4.78, 5) is 12.3. The number of carbonyl (C=O) groups excluding carboxylic acids is 1. The smallest absolute Gasteiger partial charge is 0.164 e. The molecule has 0 bridgehead atoms. The van der Waals surface area contributed by atoms with Crippen molar-refractivity contribution in [2.24, 2.45) is 5.41 Å². The number of Topliss-reactive ketones (excluding diaryl/α,β-unsaturated/α-hetero) is 1. The zero-order chi connectivity index (χ0) is 12.5. The van der Waals surface area contributed by atoms with Gasteiger partial charge in [0.05, 0.1) is 5.69 Å². The number of hydrogen-bond acceptors (Lipinski definition) is 2. The van der Waals surface area contributed by atoms with Crippen LogP contribution in [0.3, 0.4) is 0 Å². The molecule has 3 heteroatoms. The van der Waals surface area contributed by atoms with Crippen LogP contribution in [-0.4, -0.2) is 15.6 Å². The molecule has 1 saturated carbocycles. The summed E-state index contributed by atoms with van der Waals surface area (Å²) < 4.78 is 1.92. The highest BCUT2D eigenvalue weighted by Crippen LogP contribution is 2.35. The Morgan fingerprint density at radius 2 is 2.29 bits per heavy atom. The fourth-order valence-electron chi connectivity index (χ4n) is 2.43. The first-order valence-corrected chi connectivity index (χ1v) is 6.32. The summed E-state index contributed by atoms with van der Waals surface area (Å²) in [5, 5.41) is 4.22. The Balaban J connectivity index is 2.31. The highest BCUT2D eigenvalue weighted by Gasteiger charge is 2.33. The third kappa shape index (κ3) is 2.33. The molecule has 0 spiro atoms. The molecule has 0 N–H and O–H groups in total. The van der Waals surface area contributed by atoms with Crippen molar-refractivity contribution >= 4 is 11.9 Å². The number of ketones is 1. The van der Waals surface area contributed by atoms with Gasteiger partial charge in [-0.05, 0) is 43.9 Å². The molecule has 92 valence electrons. The van der Waals surface area contributed by atoms with Gasteiger partial charge in [-0.2, -0.15) is 5.10 Å². The normalized spacial score (nSPS) is 22.1. The summed E-state index contributed by atoms with van der Waals surface area (Å²) in [5.74, 6) is 0.299. The molecule has 1 heterocycles. The van der Waals surface area contributed by atoms with Gasteiger partial charge in [0.1, 0.15) is 0 Å². The molecule has 0 aromatic carbocycles. The standard InChI is InChI=1S/C14H20N2O/c1-4-16-12(7-9-15-16)10-11-6-5-8-14(2,3)13(11)17/h7,9-10H,4-6,8H2,1-3H3. The molecule has 17 heavy (non-hydrogen) atoms. The molecule has 0 atom stereocenters. The Kier molecular flexibility index (Phi) is 3.18. The van der Waals surface area contributed by atoms with E-state index >= 15 is 0 Å². The summed E-state index contributed by atoms with van der Waals surface area (Å²) >= 11 is 0. The lowest BCUT2D eigenvalue weighted by Crippen LogP contribution is -2.29. The molecule has 2 rings (SSSR count). The molecular weight excluding hydrogens is 212 g/mol. The van der Waals surface area contributed by atoms with Crippen LogP contribution < -0.4 is 0 Å². The van der Waals surface area contributed by atoms with Crippen LogP contribution >= 0.6 is 0 Å². The first kappa shape index (κ1) is 12.1. The number of aryl methyl sites for hydroxylation is 1. The second kappa shape index (κ2) is 4.47. The average molecular weight is 232 g/mol. The number of rotatable bonds is 2. The third-order valence-electron chi connectivity index (χ3n) is 3.53. The van der Waals surface area contributed by atoms with Gasteiger partial charge >= 0.3 is 0 Å². The van der Waals surface area contributed by atoms with E-state index in [1.54, 1.807) is 6.20 Å². The van der Waals surface area contributed by atoms with Crippen molar-refractivity contribution < 1.29 is 4.79 Å². The summed E-state index contributed by atoms with van der Waals surface area (Å²) in [5.41, 5.74) is 1.80. The largest absolute Gasteiger partial charge is 0.294 e. The average Bonchev–Trinajstić information content (AvgIpc) is 2.72. The monoisotopic (exact) mass is 232 g/mol. The molecule has 0 unspecified atom stereocenters. The zero-order valence-electron chi connectivity index (χ0n) is 10.9. The predicted molar refractivity (Wildman–Crippen MR) is 68.5 cm³/mol. The van der Waals surface area contributed by atoms with E-state index in [1.165, 1.54) is 0 Å². The molecule has 1 fully saturated rings. The van der Waals surface area contributed by atoms with Gasteiger partial charge in [0.2, 0.25) is 0 Å². The molecule has 1 aliphatic rings. The summed E-state index contributed by atoms with van der Waals surface area (Å²) in [6.45, 7) is 6.98. The van der Waals surface area contributed by atoms with Crippen molar-refractivity contribution in [3.63, 3.8) is 0 Å². The number of carbonyl (C=O) groups is 1. The summed E-state index contributed by atoms with van der Waals surface area (Å²) in [7, 11) is 0. The second-order valence-electron chi connectivity index (χ2n) is 5.31. The third-order valence-corrected chi connectivity index (χ3v) is 3.53. The van der Waals surface area contributed by atoms with Crippen LogP contribution in [0.2, 0.25) is 0 Å². The molecular formula is C14H20N2O. The topological polar surface area (TPSA) is 34.9 Å². The van der Waals surface area contributed by atoms with Gasteiger partial charge in [0.25, 0.3) is 0 Å². The van der Waals surface area contributed by atoms with Gasteiger partial charge in [-0.1, -0.05) is 13.8 Å². The maximum Gasteiger partial charge on any atom is 0.164 e. The van der Waals surface area contributed by atoms with Crippen molar-refractivity contribution in [2.75, 3.05) is 0 Å². The Morgan fingerprint density at radius 3 is 3.00 bits per heavy atom. The van der Waals surface area contributed by atoms with E-state index in [-0.39, 0.29) is 5.41 Å². The molecule has 1 aromatic rings. The molecule has 0 saturated heterocycles. The van der Waals surface area contributed by atoms with Gasteiger partial charge in [-0.15, -0.1) is 0 Å². The zero-order valence-corrected chi connectivity index (χ0v) is 10.9. The highest BCUT2D eigenvalue weighted by molar-refractivity contribution is 6.03. The molecule has 0 amide bonds. The maximum atomic E-state index is 12.3. The van der Waals surface area contributed by atoms with Crippen molar-refractivity contribution in [3.05, 3.63) is 23.5 Å². The number of nitrogens with zero attached hydrogens (tertiary/aromatic N) is 2. The Morgan fingerprint density at radius 1 is 1.53 bits per heavy atom. The van der Waals surface area contributed by atoms with E-state index in [2.05, 4.69) is 12.0 Å². The molecule has 1 aromatic heterocycles. The fraction of sp³-hybridized carbons (Fsp3) is 0.571. The van der Waals surface area contributed by atoms with Crippen molar-refractivity contribution in [1.29, 1.82) is 0 Å². The minimum Gasteiger partial charge on any atom is -0.294 e. The van der Waals surface area contributed by atoms with Gasteiger partial charge in [0, 0.05) is 18.2 Å². The Hall–Kier alpha value is -1.38. The number of hydrogen-bond donors (Lipinski definition) is 0. The minimum absolute atomic E-state index is 0.193. The lowest BCUT2D eigenvalue weighted by atomic mass is 9.73. The van der Waals surface area contributed by atoms with E-state index < -0.39 is 0 Å². The van der Waals surface area contributed by atoms with Gasteiger partial charge in [-0.25, -0.2) is 0 Å². The molecule has 0 aliphatic heterocycles. The SMILES string of the molecule is CCn1nccc1C=C1CCCC(C)(C)C1=O. The number of aromatic nitrogens is 2. The Bertz CT molecular complexity index is 455. The predicted octanol–water partition coefficient (Wildman–Crippen LogP) is 3.07. The van der Waals surface area contributed by atoms with Crippen molar-refractivity contribution in [2.45, 2.75) is 46.6 Å². The van der Waals surface area contributed by atoms with E-state index in [4.69, 9.17) is 0 Å². The van der Waals surface area contributed by atoms with Crippen LogP contribution in [0, 0.1) is 5.41 Å². The second-order valence-corrected chi connectivity index (χ2v) is 5.31. The van der Waals surface area contributed by atoms with Crippen LogP contribution in [0.15, 0.2) is 17.8 Å². The van der Waals surface area contributed by atoms with Crippen LogP contribution in [0.4, 0.5) is 0 Å². The van der Waals surface area contributed by atoms with Gasteiger partial charge in [-0.3, -0.25) is 9.48 Å². The fourth-order valence-corrected chi connectivity index (χ4v) is 2.43. The van der Waals surface area contributed by atoms with Gasteiger partial charge < -0.3 is 0 Å². The molecule has 1 aliphatic carbocycles. The highest BCUT2D eigenvalue weighted by atomic mass is 16.1. The van der Waals surface area contributed by atoms with Crippen LogP contribution in [0.5, 0.6) is 0 Å². The van der Waals surface area contributed by atoms with Crippen molar-refractivity contribution in [1.82, 2.24) is 9.78 Å².